The number of carbonyl (C=O) groups is 1. The fourth-order valence-electron chi connectivity index (χ4n) is 3.85. The van der Waals surface area contributed by atoms with E-state index in [1.165, 1.54) is 4.88 Å². The van der Waals surface area contributed by atoms with Crippen LogP contribution in [0.25, 0.3) is 10.9 Å². The minimum atomic E-state index is -0.374. The highest BCUT2D eigenvalue weighted by Gasteiger charge is 2.27. The van der Waals surface area contributed by atoms with E-state index in [0.717, 1.165) is 38.0 Å². The molecule has 0 atom stereocenters. The van der Waals surface area contributed by atoms with Gasteiger partial charge in [-0.15, -0.1) is 11.3 Å². The second-order valence-corrected chi connectivity index (χ2v) is 8.17. The number of nitro groups is 1. The fourth-order valence-corrected chi connectivity index (χ4v) is 4.56. The predicted molar refractivity (Wildman–Crippen MR) is 114 cm³/mol. The summed E-state index contributed by atoms with van der Waals surface area (Å²) in [7, 11) is 0. The van der Waals surface area contributed by atoms with E-state index in [1.807, 2.05) is 11.4 Å². The first kappa shape index (κ1) is 19.3. The van der Waals surface area contributed by atoms with Crippen LogP contribution in [0.3, 0.4) is 0 Å². The molecule has 8 heteroatoms. The molecule has 0 spiro atoms. The van der Waals surface area contributed by atoms with Gasteiger partial charge < -0.3 is 10.2 Å². The van der Waals surface area contributed by atoms with Gasteiger partial charge in [0.15, 0.2) is 0 Å². The molecular formula is C21H22N4O3S. The molecule has 1 saturated heterocycles. The largest absolute Gasteiger partial charge is 0.370 e. The molecule has 4 rings (SSSR count). The van der Waals surface area contributed by atoms with Crippen molar-refractivity contribution in [1.29, 1.82) is 0 Å². The van der Waals surface area contributed by atoms with Crippen LogP contribution in [0, 0.1) is 16.0 Å². The van der Waals surface area contributed by atoms with Gasteiger partial charge >= 0.3 is 0 Å². The minimum absolute atomic E-state index is 0.00635. The van der Waals surface area contributed by atoms with Crippen molar-refractivity contribution in [3.8, 4) is 0 Å². The second kappa shape index (κ2) is 8.57. The van der Waals surface area contributed by atoms with E-state index in [2.05, 4.69) is 21.3 Å². The van der Waals surface area contributed by atoms with Crippen LogP contribution in [0.1, 0.15) is 17.7 Å². The van der Waals surface area contributed by atoms with Gasteiger partial charge in [-0.1, -0.05) is 6.07 Å². The molecule has 0 bridgehead atoms. The Kier molecular flexibility index (Phi) is 5.71. The first-order valence-electron chi connectivity index (χ1n) is 9.70. The Morgan fingerprint density at radius 2 is 2.07 bits per heavy atom. The standard InChI is InChI=1S/C21H22N4O3S/c26-21(23-11-7-16-3-2-14-29-16)15-8-12-24(13-9-15)19-6-5-18(25(27)28)17-4-1-10-22-20(17)19/h1-6,10,14-15H,7-9,11-13H2,(H,23,26). The number of benzene rings is 1. The Morgan fingerprint density at radius 1 is 1.24 bits per heavy atom. The molecule has 29 heavy (non-hydrogen) atoms. The number of fused-ring (bicyclic) bond motifs is 1. The number of hydrogen-bond donors (Lipinski definition) is 1. The van der Waals surface area contributed by atoms with Crippen LogP contribution >= 0.6 is 11.3 Å². The smallest absolute Gasteiger partial charge is 0.278 e. The van der Waals surface area contributed by atoms with Gasteiger partial charge in [0.05, 0.1) is 16.0 Å². The number of non-ortho nitro benzene ring substituents is 1. The quantitative estimate of drug-likeness (QED) is 0.493. The highest BCUT2D eigenvalue weighted by molar-refractivity contribution is 7.09. The van der Waals surface area contributed by atoms with Gasteiger partial charge in [-0.3, -0.25) is 19.9 Å². The lowest BCUT2D eigenvalue weighted by Crippen LogP contribution is -2.41. The summed E-state index contributed by atoms with van der Waals surface area (Å²) in [4.78, 5) is 31.3. The number of nitro benzene ring substituents is 1. The summed E-state index contributed by atoms with van der Waals surface area (Å²) in [5.41, 5.74) is 1.60. The maximum Gasteiger partial charge on any atom is 0.278 e. The summed E-state index contributed by atoms with van der Waals surface area (Å²) in [6, 6.07) is 10.9. The molecule has 0 saturated carbocycles. The summed E-state index contributed by atoms with van der Waals surface area (Å²) in [5.74, 6) is 0.125. The molecule has 0 aliphatic carbocycles. The van der Waals surface area contributed by atoms with Crippen LogP contribution in [0.5, 0.6) is 0 Å². The number of nitrogens with zero attached hydrogens (tertiary/aromatic N) is 3. The lowest BCUT2D eigenvalue weighted by Gasteiger charge is -2.33. The van der Waals surface area contributed by atoms with Crippen molar-refractivity contribution in [3.63, 3.8) is 0 Å². The van der Waals surface area contributed by atoms with E-state index in [4.69, 9.17) is 0 Å². The van der Waals surface area contributed by atoms with Crippen molar-refractivity contribution in [2.24, 2.45) is 5.92 Å². The van der Waals surface area contributed by atoms with Gasteiger partial charge in [0.1, 0.15) is 5.52 Å². The van der Waals surface area contributed by atoms with Crippen LogP contribution in [0.4, 0.5) is 11.4 Å². The number of anilines is 1. The fraction of sp³-hybridized carbons (Fsp3) is 0.333. The van der Waals surface area contributed by atoms with E-state index >= 15 is 0 Å². The van der Waals surface area contributed by atoms with E-state index in [-0.39, 0.29) is 22.4 Å². The predicted octanol–water partition coefficient (Wildman–Crippen LogP) is 3.78. The zero-order valence-corrected chi connectivity index (χ0v) is 16.7. The first-order valence-corrected chi connectivity index (χ1v) is 10.6. The van der Waals surface area contributed by atoms with Crippen molar-refractivity contribution < 1.29 is 9.72 Å². The molecule has 150 valence electrons. The Balaban J connectivity index is 1.39. The molecule has 7 nitrogen and oxygen atoms in total. The van der Waals surface area contributed by atoms with Crippen molar-refractivity contribution in [3.05, 3.63) is 63.0 Å². The van der Waals surface area contributed by atoms with Gasteiger partial charge in [-0.2, -0.15) is 0 Å². The van der Waals surface area contributed by atoms with Crippen LogP contribution in [-0.2, 0) is 11.2 Å². The summed E-state index contributed by atoms with van der Waals surface area (Å²) in [5, 5.41) is 16.9. The first-order chi connectivity index (χ1) is 14.1. The second-order valence-electron chi connectivity index (χ2n) is 7.14. The molecule has 1 aliphatic heterocycles. The van der Waals surface area contributed by atoms with Crippen molar-refractivity contribution in [2.75, 3.05) is 24.5 Å². The van der Waals surface area contributed by atoms with Crippen molar-refractivity contribution in [1.82, 2.24) is 10.3 Å². The third-order valence-electron chi connectivity index (χ3n) is 5.38. The van der Waals surface area contributed by atoms with Crippen LogP contribution in [0.2, 0.25) is 0 Å². The maximum absolute atomic E-state index is 12.5. The molecular weight excluding hydrogens is 388 g/mol. The minimum Gasteiger partial charge on any atom is -0.370 e. The highest BCUT2D eigenvalue weighted by Crippen LogP contribution is 2.34. The maximum atomic E-state index is 12.5. The third kappa shape index (κ3) is 4.22. The Morgan fingerprint density at radius 3 is 2.79 bits per heavy atom. The van der Waals surface area contributed by atoms with Gasteiger partial charge in [0.2, 0.25) is 5.91 Å². The summed E-state index contributed by atoms with van der Waals surface area (Å²) in [6.45, 7) is 2.12. The molecule has 1 N–H and O–H groups in total. The number of amides is 1. The van der Waals surface area contributed by atoms with Crippen LogP contribution < -0.4 is 10.2 Å². The summed E-state index contributed by atoms with van der Waals surface area (Å²) >= 11 is 1.71. The zero-order valence-electron chi connectivity index (χ0n) is 15.9. The number of thiophene rings is 1. The van der Waals surface area contributed by atoms with E-state index in [9.17, 15) is 14.9 Å². The topological polar surface area (TPSA) is 88.4 Å². The molecule has 0 unspecified atom stereocenters. The lowest BCUT2D eigenvalue weighted by atomic mass is 9.95. The Bertz CT molecular complexity index is 1010. The van der Waals surface area contributed by atoms with Crippen molar-refractivity contribution in [2.45, 2.75) is 19.3 Å². The monoisotopic (exact) mass is 410 g/mol. The molecule has 1 fully saturated rings. The Labute approximate surface area is 172 Å². The van der Waals surface area contributed by atoms with Crippen molar-refractivity contribution >= 4 is 39.5 Å². The molecule has 1 aromatic carbocycles. The average molecular weight is 410 g/mol. The molecule has 3 heterocycles. The van der Waals surface area contributed by atoms with Gasteiger partial charge in [-0.25, -0.2) is 0 Å². The number of rotatable bonds is 6. The normalized spacial score (nSPS) is 14.8. The Hall–Kier alpha value is -3.00. The average Bonchev–Trinajstić information content (AvgIpc) is 3.26. The highest BCUT2D eigenvalue weighted by atomic mass is 32.1. The lowest BCUT2D eigenvalue weighted by molar-refractivity contribution is -0.383. The van der Waals surface area contributed by atoms with Gasteiger partial charge in [0, 0.05) is 42.7 Å². The van der Waals surface area contributed by atoms with Gasteiger partial charge in [-0.05, 0) is 48.9 Å². The number of piperidine rings is 1. The zero-order chi connectivity index (χ0) is 20.2. The summed E-state index contributed by atoms with van der Waals surface area (Å²) in [6.07, 6.45) is 4.04. The molecule has 1 aliphatic rings. The molecule has 0 radical (unpaired) electrons. The van der Waals surface area contributed by atoms with E-state index in [0.29, 0.717) is 17.4 Å². The SMILES string of the molecule is O=C(NCCc1cccs1)C1CCN(c2ccc([N+](=O)[O-])c3cccnc23)CC1. The van der Waals surface area contributed by atoms with Crippen LogP contribution in [0.15, 0.2) is 48.0 Å². The summed E-state index contributed by atoms with van der Waals surface area (Å²) < 4.78 is 0. The molecule has 2 aromatic heterocycles. The molecule has 3 aromatic rings. The number of aromatic nitrogens is 1. The van der Waals surface area contributed by atoms with E-state index in [1.54, 1.807) is 41.8 Å². The molecule has 1 amide bonds. The van der Waals surface area contributed by atoms with E-state index < -0.39 is 0 Å². The number of nitrogens with one attached hydrogen (secondary N) is 1. The number of hydrogen-bond acceptors (Lipinski definition) is 6. The third-order valence-corrected chi connectivity index (χ3v) is 6.32. The van der Waals surface area contributed by atoms with Crippen LogP contribution in [-0.4, -0.2) is 35.4 Å². The van der Waals surface area contributed by atoms with Gasteiger partial charge in [0.25, 0.3) is 5.69 Å². The number of carbonyl (C=O) groups excluding carboxylic acids is 1. The number of pyridine rings is 1.